The minimum Gasteiger partial charge on any atom is -0.486 e. The van der Waals surface area contributed by atoms with Crippen LogP contribution in [0.2, 0.25) is 0 Å². The lowest BCUT2D eigenvalue weighted by molar-refractivity contribution is -0.139. The Balaban J connectivity index is 1.98. The normalized spacial score (nSPS) is 13.6. The van der Waals surface area contributed by atoms with E-state index in [4.69, 9.17) is 9.47 Å². The number of aromatic amines is 1. The molecule has 0 saturated heterocycles. The molecule has 94 valence electrons. The van der Waals surface area contributed by atoms with Crippen LogP contribution in [0.5, 0.6) is 11.5 Å². The Morgan fingerprint density at radius 1 is 1.39 bits per heavy atom. The first-order valence-corrected chi connectivity index (χ1v) is 5.61. The Hall–Kier alpha value is -2.24. The van der Waals surface area contributed by atoms with Crippen molar-refractivity contribution in [1.82, 2.24) is 9.97 Å². The van der Waals surface area contributed by atoms with Gasteiger partial charge in [0.15, 0.2) is 11.5 Å². The number of hydrogen-bond acceptors (Lipinski definition) is 5. The lowest BCUT2D eigenvalue weighted by Crippen LogP contribution is -2.15. The third-order valence-electron chi connectivity index (χ3n) is 2.73. The van der Waals surface area contributed by atoms with Gasteiger partial charge in [-0.3, -0.25) is 4.79 Å². The van der Waals surface area contributed by atoms with Crippen LogP contribution in [0, 0.1) is 0 Å². The highest BCUT2D eigenvalue weighted by Gasteiger charge is 2.15. The van der Waals surface area contributed by atoms with E-state index in [9.17, 15) is 4.79 Å². The molecule has 0 amide bonds. The lowest BCUT2D eigenvalue weighted by atomic mass is 10.2. The number of hydrogen-bond donors (Lipinski definition) is 1. The molecule has 3 rings (SSSR count). The predicted molar refractivity (Wildman–Crippen MR) is 62.8 cm³/mol. The molecule has 0 bridgehead atoms. The molecule has 1 aromatic heterocycles. The highest BCUT2D eigenvalue weighted by atomic mass is 16.6. The summed E-state index contributed by atoms with van der Waals surface area (Å²) in [4.78, 5) is 18.6. The van der Waals surface area contributed by atoms with Gasteiger partial charge in [0.2, 0.25) is 0 Å². The molecule has 1 aromatic carbocycles. The maximum absolute atomic E-state index is 11.2. The van der Waals surface area contributed by atoms with E-state index in [1.807, 2.05) is 6.07 Å². The number of H-pyrrole nitrogens is 1. The van der Waals surface area contributed by atoms with E-state index in [0.29, 0.717) is 30.5 Å². The monoisotopic (exact) mass is 248 g/mol. The number of nitrogens with zero attached hydrogens (tertiary/aromatic N) is 1. The molecule has 0 radical (unpaired) electrons. The maximum Gasteiger partial charge on any atom is 0.313 e. The lowest BCUT2D eigenvalue weighted by Gasteiger charge is -2.17. The summed E-state index contributed by atoms with van der Waals surface area (Å²) in [6.45, 7) is 1.08. The summed E-state index contributed by atoms with van der Waals surface area (Å²) < 4.78 is 15.6. The van der Waals surface area contributed by atoms with Crippen molar-refractivity contribution in [2.45, 2.75) is 6.42 Å². The predicted octanol–water partition coefficient (Wildman–Crippen LogP) is 1.05. The van der Waals surface area contributed by atoms with Gasteiger partial charge in [-0.1, -0.05) is 0 Å². The molecular weight excluding hydrogens is 236 g/mol. The highest BCUT2D eigenvalue weighted by molar-refractivity contribution is 5.81. The number of rotatable bonds is 2. The van der Waals surface area contributed by atoms with Gasteiger partial charge in [0.05, 0.1) is 18.1 Å². The van der Waals surface area contributed by atoms with Gasteiger partial charge in [0.1, 0.15) is 25.5 Å². The van der Waals surface area contributed by atoms with Crippen LogP contribution in [0.1, 0.15) is 5.82 Å². The zero-order valence-corrected chi connectivity index (χ0v) is 9.86. The van der Waals surface area contributed by atoms with Crippen LogP contribution < -0.4 is 9.47 Å². The summed E-state index contributed by atoms with van der Waals surface area (Å²) in [7, 11) is 1.35. The minimum absolute atomic E-state index is 0.123. The van der Waals surface area contributed by atoms with Gasteiger partial charge in [-0.05, 0) is 0 Å². The Bertz CT molecular complexity index is 562. The first kappa shape index (κ1) is 10.9. The number of nitrogens with one attached hydrogen (secondary N) is 1. The summed E-state index contributed by atoms with van der Waals surface area (Å²) in [5.41, 5.74) is 1.57. The van der Waals surface area contributed by atoms with Crippen molar-refractivity contribution < 1.29 is 19.0 Å². The van der Waals surface area contributed by atoms with Crippen LogP contribution in [0.25, 0.3) is 11.0 Å². The van der Waals surface area contributed by atoms with Gasteiger partial charge in [-0.25, -0.2) is 4.98 Å². The van der Waals surface area contributed by atoms with Gasteiger partial charge in [0.25, 0.3) is 0 Å². The van der Waals surface area contributed by atoms with E-state index in [1.165, 1.54) is 7.11 Å². The van der Waals surface area contributed by atoms with Crippen LogP contribution in [-0.4, -0.2) is 36.3 Å². The second-order valence-corrected chi connectivity index (χ2v) is 3.95. The molecule has 0 saturated carbocycles. The molecule has 0 fully saturated rings. The third kappa shape index (κ3) is 1.85. The molecule has 6 heteroatoms. The van der Waals surface area contributed by atoms with E-state index in [0.717, 1.165) is 11.0 Å². The number of methoxy groups -OCH3 is 1. The molecular formula is C12H12N2O4. The van der Waals surface area contributed by atoms with Crippen LogP contribution in [0.4, 0.5) is 0 Å². The molecule has 1 aliphatic rings. The Labute approximate surface area is 103 Å². The number of fused-ring (bicyclic) bond motifs is 2. The van der Waals surface area contributed by atoms with E-state index in [-0.39, 0.29) is 12.4 Å². The zero-order valence-electron chi connectivity index (χ0n) is 9.86. The van der Waals surface area contributed by atoms with Gasteiger partial charge < -0.3 is 19.2 Å². The fourth-order valence-corrected chi connectivity index (χ4v) is 1.89. The van der Waals surface area contributed by atoms with E-state index < -0.39 is 0 Å². The number of aromatic nitrogens is 2. The zero-order chi connectivity index (χ0) is 12.5. The first-order chi connectivity index (χ1) is 8.76. The highest BCUT2D eigenvalue weighted by Crippen LogP contribution is 2.33. The van der Waals surface area contributed by atoms with Crippen molar-refractivity contribution in [2.75, 3.05) is 20.3 Å². The third-order valence-corrected chi connectivity index (χ3v) is 2.73. The molecule has 1 N–H and O–H groups in total. The fraction of sp³-hybridized carbons (Fsp3) is 0.333. The van der Waals surface area contributed by atoms with Crippen molar-refractivity contribution in [3.8, 4) is 11.5 Å². The summed E-state index contributed by atoms with van der Waals surface area (Å²) in [6, 6.07) is 3.64. The second-order valence-electron chi connectivity index (χ2n) is 3.95. The number of carbonyl (C=O) groups excluding carboxylic acids is 1. The van der Waals surface area contributed by atoms with E-state index >= 15 is 0 Å². The van der Waals surface area contributed by atoms with Crippen molar-refractivity contribution >= 4 is 17.0 Å². The fourth-order valence-electron chi connectivity index (χ4n) is 1.89. The minimum atomic E-state index is -0.327. The van der Waals surface area contributed by atoms with Gasteiger partial charge in [-0.15, -0.1) is 0 Å². The molecule has 0 spiro atoms. The summed E-state index contributed by atoms with van der Waals surface area (Å²) in [5.74, 6) is 1.62. The van der Waals surface area contributed by atoms with Crippen molar-refractivity contribution in [3.63, 3.8) is 0 Å². The standard InChI is InChI=1S/C12H12N2O4/c1-16-12(15)6-11-13-7-4-9-10(5-8(7)14-11)18-3-2-17-9/h4-5H,2-3,6H2,1H3,(H,13,14). The topological polar surface area (TPSA) is 73.4 Å². The molecule has 0 atom stereocenters. The first-order valence-electron chi connectivity index (χ1n) is 5.61. The van der Waals surface area contributed by atoms with Crippen LogP contribution in [0.15, 0.2) is 12.1 Å². The molecule has 2 aromatic rings. The van der Waals surface area contributed by atoms with Crippen molar-refractivity contribution in [1.29, 1.82) is 0 Å². The molecule has 2 heterocycles. The van der Waals surface area contributed by atoms with Gasteiger partial charge >= 0.3 is 5.97 Å². The Kier molecular flexibility index (Phi) is 2.55. The van der Waals surface area contributed by atoms with Crippen LogP contribution in [-0.2, 0) is 16.0 Å². The molecule has 1 aliphatic heterocycles. The molecule has 18 heavy (non-hydrogen) atoms. The number of esters is 1. The van der Waals surface area contributed by atoms with Gasteiger partial charge in [0, 0.05) is 12.1 Å². The van der Waals surface area contributed by atoms with Crippen molar-refractivity contribution in [3.05, 3.63) is 18.0 Å². The summed E-state index contributed by atoms with van der Waals surface area (Å²) in [6.07, 6.45) is 0.123. The Morgan fingerprint density at radius 3 is 2.83 bits per heavy atom. The molecule has 0 aliphatic carbocycles. The smallest absolute Gasteiger partial charge is 0.313 e. The van der Waals surface area contributed by atoms with Gasteiger partial charge in [-0.2, -0.15) is 0 Å². The summed E-state index contributed by atoms with van der Waals surface area (Å²) in [5, 5.41) is 0. The van der Waals surface area contributed by atoms with E-state index in [1.54, 1.807) is 6.07 Å². The second kappa shape index (κ2) is 4.21. The van der Waals surface area contributed by atoms with Crippen LogP contribution >= 0.6 is 0 Å². The largest absolute Gasteiger partial charge is 0.486 e. The van der Waals surface area contributed by atoms with E-state index in [2.05, 4.69) is 14.7 Å². The average Bonchev–Trinajstić information content (AvgIpc) is 2.76. The number of ether oxygens (including phenoxy) is 3. The Morgan fingerprint density at radius 2 is 2.11 bits per heavy atom. The van der Waals surface area contributed by atoms with Crippen LogP contribution in [0.3, 0.4) is 0 Å². The quantitative estimate of drug-likeness (QED) is 0.804. The summed E-state index contributed by atoms with van der Waals surface area (Å²) >= 11 is 0. The SMILES string of the molecule is COC(=O)Cc1nc2cc3c(cc2[nH]1)OCCO3. The van der Waals surface area contributed by atoms with Crippen molar-refractivity contribution in [2.24, 2.45) is 0 Å². The molecule has 0 unspecified atom stereocenters. The number of benzene rings is 1. The average molecular weight is 248 g/mol. The number of imidazole rings is 1. The molecule has 6 nitrogen and oxygen atoms in total. The number of carbonyl (C=O) groups is 1. The maximum atomic E-state index is 11.2.